The molecule has 1 fully saturated rings. The van der Waals surface area contributed by atoms with E-state index in [2.05, 4.69) is 5.10 Å². The number of hydrogen-bond acceptors (Lipinski definition) is 4. The van der Waals surface area contributed by atoms with Crippen LogP contribution < -0.4 is 5.32 Å². The maximum atomic E-state index is 14.2. The van der Waals surface area contributed by atoms with E-state index in [9.17, 15) is 31.5 Å². The molecular formula is C26H25F5N4O3. The lowest BCUT2D eigenvalue weighted by Crippen LogP contribution is -2.41. The largest absolute Gasteiger partial charge is 0.444 e. The Morgan fingerprint density at radius 1 is 0.974 bits per heavy atom. The van der Waals surface area contributed by atoms with Crippen molar-refractivity contribution in [3.8, 4) is 5.69 Å². The number of nitrogens with one attached hydrogen (secondary N) is 1. The maximum Gasteiger partial charge on any atom is 0.410 e. The molecule has 0 atom stereocenters. The van der Waals surface area contributed by atoms with Crippen LogP contribution in [0.1, 0.15) is 55.6 Å². The summed E-state index contributed by atoms with van der Waals surface area (Å²) in [4.78, 5) is 27.2. The van der Waals surface area contributed by atoms with Crippen LogP contribution in [0.4, 0.5) is 32.4 Å². The number of rotatable bonds is 4. The molecule has 1 aliphatic heterocycles. The number of halogens is 5. The molecule has 2 amide bonds. The maximum absolute atomic E-state index is 14.2. The van der Waals surface area contributed by atoms with Crippen LogP contribution in [-0.2, 0) is 4.74 Å². The minimum absolute atomic E-state index is 0.0385. The molecule has 7 nitrogen and oxygen atoms in total. The molecule has 1 aliphatic rings. The summed E-state index contributed by atoms with van der Waals surface area (Å²) in [6, 6.07) is 5.31. The summed E-state index contributed by atoms with van der Waals surface area (Å²) in [7, 11) is 0. The number of amides is 2. The zero-order valence-corrected chi connectivity index (χ0v) is 20.8. The summed E-state index contributed by atoms with van der Waals surface area (Å²) in [5.41, 5.74) is -1.32. The average Bonchev–Trinajstić information content (AvgIpc) is 3.30. The van der Waals surface area contributed by atoms with Crippen LogP contribution >= 0.6 is 0 Å². The van der Waals surface area contributed by atoms with Crippen LogP contribution in [-0.4, -0.2) is 45.4 Å². The molecule has 202 valence electrons. The Morgan fingerprint density at radius 3 is 2.11 bits per heavy atom. The van der Waals surface area contributed by atoms with E-state index in [0.717, 1.165) is 6.20 Å². The van der Waals surface area contributed by atoms with E-state index in [-0.39, 0.29) is 30.6 Å². The summed E-state index contributed by atoms with van der Waals surface area (Å²) >= 11 is 0. The number of carbonyl (C=O) groups excluding carboxylic acids is 2. The Balaban J connectivity index is 1.67. The van der Waals surface area contributed by atoms with Crippen molar-refractivity contribution in [2.45, 2.75) is 45.1 Å². The van der Waals surface area contributed by atoms with Crippen molar-refractivity contribution in [2.24, 2.45) is 0 Å². The van der Waals surface area contributed by atoms with Gasteiger partial charge in [-0.15, -0.1) is 0 Å². The van der Waals surface area contributed by atoms with Crippen molar-refractivity contribution in [1.29, 1.82) is 0 Å². The molecule has 1 N–H and O–H groups in total. The van der Waals surface area contributed by atoms with Gasteiger partial charge in [0.15, 0.2) is 23.3 Å². The van der Waals surface area contributed by atoms with E-state index in [4.69, 9.17) is 4.74 Å². The highest BCUT2D eigenvalue weighted by Crippen LogP contribution is 2.34. The van der Waals surface area contributed by atoms with E-state index in [1.54, 1.807) is 20.8 Å². The summed E-state index contributed by atoms with van der Waals surface area (Å²) < 4.78 is 76.1. The number of likely N-dealkylation sites (tertiary alicyclic amines) is 1. The fourth-order valence-corrected chi connectivity index (χ4v) is 4.24. The van der Waals surface area contributed by atoms with Crippen molar-refractivity contribution in [2.75, 3.05) is 18.4 Å². The molecule has 0 bridgehead atoms. The molecule has 1 saturated heterocycles. The van der Waals surface area contributed by atoms with Crippen molar-refractivity contribution in [3.63, 3.8) is 0 Å². The van der Waals surface area contributed by atoms with E-state index >= 15 is 0 Å². The first-order valence-corrected chi connectivity index (χ1v) is 11.8. The number of ether oxygens (including phenoxy) is 1. The Kier molecular flexibility index (Phi) is 7.43. The normalized spacial score (nSPS) is 14.5. The van der Waals surface area contributed by atoms with Crippen molar-refractivity contribution in [1.82, 2.24) is 14.7 Å². The Labute approximate surface area is 215 Å². The topological polar surface area (TPSA) is 76.5 Å². The Hall–Kier alpha value is -3.96. The quantitative estimate of drug-likeness (QED) is 0.331. The van der Waals surface area contributed by atoms with Gasteiger partial charge < -0.3 is 15.0 Å². The van der Waals surface area contributed by atoms with Crippen molar-refractivity contribution < 1.29 is 36.3 Å². The smallest absolute Gasteiger partial charge is 0.410 e. The molecule has 1 aromatic heterocycles. The second-order valence-corrected chi connectivity index (χ2v) is 9.87. The third-order valence-electron chi connectivity index (χ3n) is 6.01. The second-order valence-electron chi connectivity index (χ2n) is 9.87. The second kappa shape index (κ2) is 10.4. The summed E-state index contributed by atoms with van der Waals surface area (Å²) in [5, 5.41) is 6.14. The number of anilines is 1. The Morgan fingerprint density at radius 2 is 1.55 bits per heavy atom. The minimum atomic E-state index is -1.75. The van der Waals surface area contributed by atoms with Gasteiger partial charge in [0.2, 0.25) is 0 Å². The number of piperidine rings is 1. The van der Waals surface area contributed by atoms with Crippen LogP contribution in [0.2, 0.25) is 0 Å². The highest BCUT2D eigenvalue weighted by molar-refractivity contribution is 6.05. The number of carbonyl (C=O) groups is 2. The van der Waals surface area contributed by atoms with Gasteiger partial charge in [-0.25, -0.2) is 31.4 Å². The molecule has 0 spiro atoms. The lowest BCUT2D eigenvalue weighted by atomic mass is 9.90. The summed E-state index contributed by atoms with van der Waals surface area (Å²) in [6.07, 6.45) is 1.42. The van der Waals surface area contributed by atoms with Crippen LogP contribution in [0.3, 0.4) is 0 Å². The van der Waals surface area contributed by atoms with Crippen LogP contribution in [0.25, 0.3) is 5.69 Å². The molecule has 4 rings (SSSR count). The molecule has 38 heavy (non-hydrogen) atoms. The first kappa shape index (κ1) is 27.1. The van der Waals surface area contributed by atoms with Crippen molar-refractivity contribution >= 4 is 17.7 Å². The first-order valence-electron chi connectivity index (χ1n) is 11.8. The SMILES string of the molecule is CC(C)(C)OC(=O)N1CCC(c2c(C(=O)Nc3c(F)c(F)cc(F)c3F)cnn2-c2ccc(F)cc2)CC1. The van der Waals surface area contributed by atoms with Gasteiger partial charge in [0.05, 0.1) is 23.1 Å². The van der Waals surface area contributed by atoms with Crippen LogP contribution in [0, 0.1) is 29.1 Å². The first-order chi connectivity index (χ1) is 17.9. The predicted octanol–water partition coefficient (Wildman–Crippen LogP) is 5.93. The number of hydrogen-bond donors (Lipinski definition) is 1. The van der Waals surface area contributed by atoms with Gasteiger partial charge in [-0.05, 0) is 57.9 Å². The summed E-state index contributed by atoms with van der Waals surface area (Å²) in [5.74, 6) is -8.76. The molecule has 0 aliphatic carbocycles. The van der Waals surface area contributed by atoms with Gasteiger partial charge in [0, 0.05) is 25.1 Å². The zero-order chi connectivity index (χ0) is 27.8. The predicted molar refractivity (Wildman–Crippen MR) is 128 cm³/mol. The minimum Gasteiger partial charge on any atom is -0.444 e. The number of nitrogens with zero attached hydrogens (tertiary/aromatic N) is 3. The monoisotopic (exact) mass is 536 g/mol. The summed E-state index contributed by atoms with van der Waals surface area (Å²) in [6.45, 7) is 5.82. The standard InChI is InChI=1S/C26H25F5N4O3/c1-26(2,3)38-25(37)34-10-8-14(9-11-34)23-17(13-32-35(23)16-6-4-15(27)5-7-16)24(36)33-22-20(30)18(28)12-19(29)21(22)31/h4-7,12-14H,8-11H2,1-3H3,(H,33,36). The number of aromatic nitrogens is 2. The molecule has 0 radical (unpaired) electrons. The van der Waals surface area contributed by atoms with Gasteiger partial charge in [-0.3, -0.25) is 4.79 Å². The highest BCUT2D eigenvalue weighted by atomic mass is 19.2. The van der Waals surface area contributed by atoms with Gasteiger partial charge in [0.1, 0.15) is 17.1 Å². The molecular weight excluding hydrogens is 511 g/mol. The highest BCUT2D eigenvalue weighted by Gasteiger charge is 2.33. The lowest BCUT2D eigenvalue weighted by Gasteiger charge is -2.34. The van der Waals surface area contributed by atoms with Gasteiger partial charge in [-0.2, -0.15) is 5.10 Å². The molecule has 2 heterocycles. The van der Waals surface area contributed by atoms with Gasteiger partial charge in [-0.1, -0.05) is 0 Å². The molecule has 2 aromatic carbocycles. The number of benzene rings is 2. The zero-order valence-electron chi connectivity index (χ0n) is 20.8. The molecule has 3 aromatic rings. The van der Waals surface area contributed by atoms with Crippen LogP contribution in [0.5, 0.6) is 0 Å². The molecule has 0 saturated carbocycles. The molecule has 12 heteroatoms. The Bertz CT molecular complexity index is 1330. The van der Waals surface area contributed by atoms with Gasteiger partial charge in [0.25, 0.3) is 5.91 Å². The average molecular weight is 537 g/mol. The van der Waals surface area contributed by atoms with Gasteiger partial charge >= 0.3 is 6.09 Å². The molecule has 0 unspecified atom stereocenters. The van der Waals surface area contributed by atoms with Crippen LogP contribution in [0.15, 0.2) is 36.5 Å². The third-order valence-corrected chi connectivity index (χ3v) is 6.01. The van der Waals surface area contributed by atoms with E-state index < -0.39 is 52.4 Å². The lowest BCUT2D eigenvalue weighted by molar-refractivity contribution is 0.0203. The van der Waals surface area contributed by atoms with E-state index in [0.29, 0.717) is 24.2 Å². The van der Waals surface area contributed by atoms with Crippen molar-refractivity contribution in [3.05, 3.63) is 76.9 Å². The third kappa shape index (κ3) is 5.63. The fraction of sp³-hybridized carbons (Fsp3) is 0.346. The van der Waals surface area contributed by atoms with E-state index in [1.165, 1.54) is 33.8 Å². The fourth-order valence-electron chi connectivity index (χ4n) is 4.24. The van der Waals surface area contributed by atoms with E-state index in [1.807, 2.05) is 5.32 Å².